The van der Waals surface area contributed by atoms with Crippen LogP contribution in [0.5, 0.6) is 0 Å². The molecule has 0 aromatic heterocycles. The van der Waals surface area contributed by atoms with E-state index in [0.29, 0.717) is 31.2 Å². The number of hydrogen-bond acceptors (Lipinski definition) is 4. The van der Waals surface area contributed by atoms with E-state index in [0.717, 1.165) is 11.3 Å². The number of nitrogens with zero attached hydrogens (tertiary/aromatic N) is 2. The SMILES string of the molecule is O=C(C(Cc1ccccc1)NS(=O)(=O)c1cc(Cl)ccc1Cl)N1CCN(c2cccc(Cl)c2)CC1. The zero-order valence-electron chi connectivity index (χ0n) is 18.7. The highest BCUT2D eigenvalue weighted by Crippen LogP contribution is 2.26. The first-order valence-electron chi connectivity index (χ1n) is 11.0. The van der Waals surface area contributed by atoms with E-state index in [4.69, 9.17) is 34.8 Å². The van der Waals surface area contributed by atoms with Gasteiger partial charge in [-0.1, -0.05) is 71.2 Å². The van der Waals surface area contributed by atoms with Crippen molar-refractivity contribution < 1.29 is 13.2 Å². The van der Waals surface area contributed by atoms with Crippen LogP contribution < -0.4 is 9.62 Å². The largest absolute Gasteiger partial charge is 0.368 e. The van der Waals surface area contributed by atoms with Crippen molar-refractivity contribution in [2.45, 2.75) is 17.4 Å². The number of piperazine rings is 1. The molecule has 1 aliphatic rings. The minimum absolute atomic E-state index is 0.0305. The topological polar surface area (TPSA) is 69.7 Å². The van der Waals surface area contributed by atoms with Crippen LogP contribution in [0.25, 0.3) is 0 Å². The molecule has 6 nitrogen and oxygen atoms in total. The number of carbonyl (C=O) groups is 1. The number of sulfonamides is 1. The molecule has 4 rings (SSSR count). The van der Waals surface area contributed by atoms with Crippen molar-refractivity contribution in [1.82, 2.24) is 9.62 Å². The van der Waals surface area contributed by atoms with E-state index < -0.39 is 16.1 Å². The lowest BCUT2D eigenvalue weighted by atomic mass is 10.1. The Hall–Kier alpha value is -2.29. The Labute approximate surface area is 220 Å². The average molecular weight is 553 g/mol. The van der Waals surface area contributed by atoms with E-state index in [-0.39, 0.29) is 27.3 Å². The third-order valence-corrected chi connectivity index (χ3v) is 8.25. The minimum atomic E-state index is -4.11. The summed E-state index contributed by atoms with van der Waals surface area (Å²) in [6, 6.07) is 20.1. The number of hydrogen-bond donors (Lipinski definition) is 1. The van der Waals surface area contributed by atoms with Crippen LogP contribution in [0.2, 0.25) is 15.1 Å². The van der Waals surface area contributed by atoms with Crippen molar-refractivity contribution in [2.24, 2.45) is 0 Å². The standard InChI is InChI=1S/C25H24Cl3N3O3S/c26-19-7-4-8-21(16-19)30-11-13-31(14-12-30)25(32)23(15-18-5-2-1-3-6-18)29-35(33,34)24-17-20(27)9-10-22(24)28/h1-10,16-17,23,29H,11-15H2. The molecule has 1 saturated heterocycles. The van der Waals surface area contributed by atoms with E-state index in [9.17, 15) is 13.2 Å². The van der Waals surface area contributed by atoms with E-state index in [2.05, 4.69) is 9.62 Å². The fraction of sp³-hybridized carbons (Fsp3) is 0.240. The van der Waals surface area contributed by atoms with Gasteiger partial charge in [-0.2, -0.15) is 4.72 Å². The number of carbonyl (C=O) groups excluding carboxylic acids is 1. The van der Waals surface area contributed by atoms with Gasteiger partial charge in [0.25, 0.3) is 0 Å². The number of amides is 1. The summed E-state index contributed by atoms with van der Waals surface area (Å²) in [6.45, 7) is 2.13. The molecule has 1 aliphatic heterocycles. The highest BCUT2D eigenvalue weighted by molar-refractivity contribution is 7.89. The van der Waals surface area contributed by atoms with Crippen molar-refractivity contribution in [3.05, 3.63) is 93.4 Å². The van der Waals surface area contributed by atoms with E-state index in [1.54, 1.807) is 4.90 Å². The monoisotopic (exact) mass is 551 g/mol. The van der Waals surface area contributed by atoms with Crippen molar-refractivity contribution in [1.29, 1.82) is 0 Å². The van der Waals surface area contributed by atoms with Gasteiger partial charge in [0.2, 0.25) is 15.9 Å². The summed E-state index contributed by atoms with van der Waals surface area (Å²) >= 11 is 18.3. The number of halogens is 3. The molecule has 184 valence electrons. The van der Waals surface area contributed by atoms with Gasteiger partial charge < -0.3 is 9.80 Å². The van der Waals surface area contributed by atoms with Crippen LogP contribution in [0.1, 0.15) is 5.56 Å². The average Bonchev–Trinajstić information content (AvgIpc) is 2.85. The Bertz CT molecular complexity index is 1300. The summed E-state index contributed by atoms with van der Waals surface area (Å²) in [7, 11) is -4.11. The lowest BCUT2D eigenvalue weighted by Crippen LogP contribution is -2.55. The molecule has 10 heteroatoms. The van der Waals surface area contributed by atoms with Gasteiger partial charge >= 0.3 is 0 Å². The number of rotatable bonds is 7. The van der Waals surface area contributed by atoms with Crippen molar-refractivity contribution in [3.63, 3.8) is 0 Å². The highest BCUT2D eigenvalue weighted by atomic mass is 35.5. The Morgan fingerprint density at radius 2 is 1.54 bits per heavy atom. The molecular formula is C25H24Cl3N3O3S. The van der Waals surface area contributed by atoms with Crippen molar-refractivity contribution in [2.75, 3.05) is 31.1 Å². The summed E-state index contributed by atoms with van der Waals surface area (Å²) in [5.74, 6) is -0.290. The first kappa shape index (κ1) is 25.8. The van der Waals surface area contributed by atoms with Gasteiger partial charge in [-0.25, -0.2) is 8.42 Å². The first-order chi connectivity index (χ1) is 16.7. The molecule has 0 radical (unpaired) electrons. The van der Waals surface area contributed by atoms with Crippen molar-refractivity contribution in [3.8, 4) is 0 Å². The molecule has 0 aliphatic carbocycles. The van der Waals surface area contributed by atoms with E-state index in [1.165, 1.54) is 18.2 Å². The molecule has 1 atom stereocenters. The molecule has 3 aromatic carbocycles. The van der Waals surface area contributed by atoms with Crippen LogP contribution in [-0.2, 0) is 21.2 Å². The smallest absolute Gasteiger partial charge is 0.242 e. The van der Waals surface area contributed by atoms with Gasteiger partial charge in [0, 0.05) is 41.9 Å². The van der Waals surface area contributed by atoms with Crippen LogP contribution in [0, 0.1) is 0 Å². The van der Waals surface area contributed by atoms with Crippen LogP contribution in [0.15, 0.2) is 77.7 Å². The quantitative estimate of drug-likeness (QED) is 0.453. The Kier molecular flexibility index (Phi) is 8.24. The van der Waals surface area contributed by atoms with E-state index >= 15 is 0 Å². The second-order valence-corrected chi connectivity index (χ2v) is 11.2. The predicted octanol–water partition coefficient (Wildman–Crippen LogP) is 4.89. The summed E-state index contributed by atoms with van der Waals surface area (Å²) in [5.41, 5.74) is 1.82. The maximum atomic E-state index is 13.6. The van der Waals surface area contributed by atoms with Gasteiger partial charge in [0.15, 0.2) is 0 Å². The lowest BCUT2D eigenvalue weighted by molar-refractivity contribution is -0.133. The Morgan fingerprint density at radius 3 is 2.23 bits per heavy atom. The third kappa shape index (κ3) is 6.48. The number of benzene rings is 3. The summed E-state index contributed by atoms with van der Waals surface area (Å²) in [4.78, 5) is 17.2. The maximum absolute atomic E-state index is 13.6. The second-order valence-electron chi connectivity index (χ2n) is 8.23. The zero-order chi connectivity index (χ0) is 25.0. The van der Waals surface area contributed by atoms with Gasteiger partial charge in [0.1, 0.15) is 10.9 Å². The normalized spacial score (nSPS) is 15.2. The zero-order valence-corrected chi connectivity index (χ0v) is 21.8. The van der Waals surface area contributed by atoms with Gasteiger partial charge in [-0.05, 0) is 48.4 Å². The van der Waals surface area contributed by atoms with Gasteiger partial charge in [-0.3, -0.25) is 4.79 Å². The summed E-state index contributed by atoms with van der Waals surface area (Å²) in [6.07, 6.45) is 0.200. The fourth-order valence-electron chi connectivity index (χ4n) is 4.04. The van der Waals surface area contributed by atoms with Crippen LogP contribution in [-0.4, -0.2) is 51.4 Å². The minimum Gasteiger partial charge on any atom is -0.368 e. The van der Waals surface area contributed by atoms with E-state index in [1.807, 2.05) is 54.6 Å². The summed E-state index contributed by atoms with van der Waals surface area (Å²) < 4.78 is 29.0. The fourth-order valence-corrected chi connectivity index (χ4v) is 6.18. The maximum Gasteiger partial charge on any atom is 0.242 e. The van der Waals surface area contributed by atoms with Crippen LogP contribution in [0.3, 0.4) is 0 Å². The second kappa shape index (κ2) is 11.2. The molecule has 0 spiro atoms. The van der Waals surface area contributed by atoms with Crippen molar-refractivity contribution >= 4 is 56.4 Å². The molecule has 1 fully saturated rings. The molecule has 1 heterocycles. The molecule has 0 bridgehead atoms. The molecule has 35 heavy (non-hydrogen) atoms. The van der Waals surface area contributed by atoms with Crippen LogP contribution in [0.4, 0.5) is 5.69 Å². The van der Waals surface area contributed by atoms with Gasteiger partial charge in [-0.15, -0.1) is 0 Å². The van der Waals surface area contributed by atoms with Gasteiger partial charge in [0.05, 0.1) is 5.02 Å². The molecule has 1 N–H and O–H groups in total. The predicted molar refractivity (Wildman–Crippen MR) is 141 cm³/mol. The molecule has 1 amide bonds. The Morgan fingerprint density at radius 1 is 0.857 bits per heavy atom. The Balaban J connectivity index is 1.53. The van der Waals surface area contributed by atoms with Crippen LogP contribution >= 0.6 is 34.8 Å². The molecule has 1 unspecified atom stereocenters. The number of nitrogens with one attached hydrogen (secondary N) is 1. The molecular weight excluding hydrogens is 529 g/mol. The highest BCUT2D eigenvalue weighted by Gasteiger charge is 2.32. The third-order valence-electron chi connectivity index (χ3n) is 5.83. The molecule has 3 aromatic rings. The number of anilines is 1. The lowest BCUT2D eigenvalue weighted by Gasteiger charge is -2.37. The summed E-state index contributed by atoms with van der Waals surface area (Å²) in [5, 5.41) is 0.916. The molecule has 0 saturated carbocycles. The first-order valence-corrected chi connectivity index (χ1v) is 13.7.